The van der Waals surface area contributed by atoms with Gasteiger partial charge in [0.05, 0.1) is 0 Å². The van der Waals surface area contributed by atoms with E-state index in [0.29, 0.717) is 16.9 Å². The van der Waals surface area contributed by atoms with Crippen molar-refractivity contribution < 1.29 is 14.4 Å². The molecule has 1 aromatic carbocycles. The number of nitrogens with zero attached hydrogens (tertiary/aromatic N) is 1. The molecule has 1 atom stereocenters. The molecule has 1 aromatic heterocycles. The summed E-state index contributed by atoms with van der Waals surface area (Å²) in [6, 6.07) is 9.82. The van der Waals surface area contributed by atoms with Crippen molar-refractivity contribution >= 4 is 29.1 Å². The highest BCUT2D eigenvalue weighted by Crippen LogP contribution is 2.16. The molecule has 0 radical (unpaired) electrons. The summed E-state index contributed by atoms with van der Waals surface area (Å²) in [7, 11) is 0. The second kappa shape index (κ2) is 8.75. The molecule has 0 spiro atoms. The maximum Gasteiger partial charge on any atom is 0.274 e. The van der Waals surface area contributed by atoms with Gasteiger partial charge in [0.15, 0.2) is 0 Å². The van der Waals surface area contributed by atoms with Crippen molar-refractivity contribution in [3.63, 3.8) is 0 Å². The van der Waals surface area contributed by atoms with Gasteiger partial charge >= 0.3 is 0 Å². The highest BCUT2D eigenvalue weighted by molar-refractivity contribution is 6.05. The Balaban J connectivity index is 2.11. The summed E-state index contributed by atoms with van der Waals surface area (Å²) in [5.41, 5.74) is 1.59. The summed E-state index contributed by atoms with van der Waals surface area (Å²) in [6.07, 6.45) is 2.24. The van der Waals surface area contributed by atoms with Crippen LogP contribution in [0.2, 0.25) is 0 Å². The summed E-state index contributed by atoms with van der Waals surface area (Å²) in [5, 5.41) is 8.20. The molecule has 1 heterocycles. The number of pyridine rings is 1. The average Bonchev–Trinajstić information content (AvgIpc) is 2.61. The van der Waals surface area contributed by atoms with Crippen molar-refractivity contribution in [3.8, 4) is 0 Å². The van der Waals surface area contributed by atoms with Crippen LogP contribution in [0.1, 0.15) is 48.0 Å². The van der Waals surface area contributed by atoms with Crippen molar-refractivity contribution in [1.29, 1.82) is 0 Å². The predicted octanol–water partition coefficient (Wildman–Crippen LogP) is 2.82. The fourth-order valence-electron chi connectivity index (χ4n) is 2.18. The molecule has 26 heavy (non-hydrogen) atoms. The molecule has 0 saturated heterocycles. The molecule has 0 bridgehead atoms. The normalized spacial score (nSPS) is 11.3. The van der Waals surface area contributed by atoms with Gasteiger partial charge in [-0.1, -0.05) is 13.0 Å². The second-order valence-electron chi connectivity index (χ2n) is 5.93. The summed E-state index contributed by atoms with van der Waals surface area (Å²) < 4.78 is 0. The van der Waals surface area contributed by atoms with E-state index >= 15 is 0 Å². The van der Waals surface area contributed by atoms with Crippen molar-refractivity contribution in [2.75, 3.05) is 10.6 Å². The first-order valence-corrected chi connectivity index (χ1v) is 8.35. The maximum atomic E-state index is 12.4. The van der Waals surface area contributed by atoms with Crippen LogP contribution in [0.3, 0.4) is 0 Å². The number of aromatic nitrogens is 1. The summed E-state index contributed by atoms with van der Waals surface area (Å²) in [6.45, 7) is 5.30. The lowest BCUT2D eigenvalue weighted by atomic mass is 10.1. The fourth-order valence-corrected chi connectivity index (χ4v) is 2.18. The van der Waals surface area contributed by atoms with Crippen LogP contribution in [-0.2, 0) is 4.79 Å². The quantitative estimate of drug-likeness (QED) is 0.742. The number of carbonyl (C=O) groups is 3. The minimum absolute atomic E-state index is 0.0458. The largest absolute Gasteiger partial charge is 0.350 e. The van der Waals surface area contributed by atoms with E-state index in [1.165, 1.54) is 19.2 Å². The van der Waals surface area contributed by atoms with Crippen LogP contribution >= 0.6 is 0 Å². The smallest absolute Gasteiger partial charge is 0.274 e. The summed E-state index contributed by atoms with van der Waals surface area (Å²) in [4.78, 5) is 39.7. The third-order valence-corrected chi connectivity index (χ3v) is 3.69. The predicted molar refractivity (Wildman–Crippen MR) is 100 cm³/mol. The third kappa shape index (κ3) is 5.41. The van der Waals surface area contributed by atoms with E-state index in [9.17, 15) is 14.4 Å². The number of carbonyl (C=O) groups excluding carboxylic acids is 3. The Kier molecular flexibility index (Phi) is 6.43. The van der Waals surface area contributed by atoms with E-state index in [1.54, 1.807) is 30.3 Å². The van der Waals surface area contributed by atoms with Crippen molar-refractivity contribution in [2.24, 2.45) is 0 Å². The van der Waals surface area contributed by atoms with Crippen molar-refractivity contribution in [3.05, 3.63) is 53.9 Å². The minimum atomic E-state index is -0.442. The van der Waals surface area contributed by atoms with Crippen LogP contribution in [0.4, 0.5) is 11.4 Å². The first kappa shape index (κ1) is 19.1. The van der Waals surface area contributed by atoms with E-state index in [-0.39, 0.29) is 23.6 Å². The van der Waals surface area contributed by atoms with Gasteiger partial charge in [-0.15, -0.1) is 0 Å². The second-order valence-corrected chi connectivity index (χ2v) is 5.93. The molecule has 7 nitrogen and oxygen atoms in total. The molecule has 2 aromatic rings. The number of nitrogens with one attached hydrogen (secondary N) is 3. The lowest BCUT2D eigenvalue weighted by Crippen LogP contribution is -2.32. The van der Waals surface area contributed by atoms with Crippen LogP contribution in [0.25, 0.3) is 0 Å². The van der Waals surface area contributed by atoms with Crippen LogP contribution in [-0.4, -0.2) is 28.7 Å². The summed E-state index contributed by atoms with van der Waals surface area (Å²) in [5.74, 6) is -0.887. The molecule has 0 fully saturated rings. The molecule has 136 valence electrons. The number of rotatable bonds is 6. The van der Waals surface area contributed by atoms with E-state index in [4.69, 9.17) is 0 Å². The highest BCUT2D eigenvalue weighted by atomic mass is 16.2. The number of benzene rings is 1. The van der Waals surface area contributed by atoms with Crippen LogP contribution in [0, 0.1) is 0 Å². The Morgan fingerprint density at radius 3 is 2.38 bits per heavy atom. The van der Waals surface area contributed by atoms with Crippen LogP contribution in [0.15, 0.2) is 42.6 Å². The Hall–Kier alpha value is -3.22. The molecular weight excluding hydrogens is 332 g/mol. The fraction of sp³-hybridized carbons (Fsp3) is 0.263. The number of amides is 3. The molecule has 2 rings (SSSR count). The molecule has 0 aliphatic rings. The molecule has 3 N–H and O–H groups in total. The lowest BCUT2D eigenvalue weighted by Gasteiger charge is -2.12. The van der Waals surface area contributed by atoms with Gasteiger partial charge in [-0.3, -0.25) is 19.4 Å². The molecule has 0 saturated carbocycles. The van der Waals surface area contributed by atoms with E-state index in [1.807, 2.05) is 13.8 Å². The first-order valence-electron chi connectivity index (χ1n) is 8.35. The molecule has 0 aliphatic heterocycles. The zero-order valence-corrected chi connectivity index (χ0v) is 15.0. The number of hydrogen-bond acceptors (Lipinski definition) is 4. The first-order chi connectivity index (χ1) is 12.4. The Labute approximate surface area is 152 Å². The SMILES string of the molecule is CCC(C)NC(=O)c1ccnc(C(=O)Nc2cccc(NC(C)=O)c2)c1. The summed E-state index contributed by atoms with van der Waals surface area (Å²) >= 11 is 0. The lowest BCUT2D eigenvalue weighted by molar-refractivity contribution is -0.114. The van der Waals surface area contributed by atoms with Gasteiger partial charge in [0.1, 0.15) is 5.69 Å². The molecule has 0 aliphatic carbocycles. The van der Waals surface area contributed by atoms with Gasteiger partial charge in [-0.2, -0.15) is 0 Å². The topological polar surface area (TPSA) is 100 Å². The zero-order valence-electron chi connectivity index (χ0n) is 15.0. The molecular formula is C19H22N4O3. The van der Waals surface area contributed by atoms with E-state index in [2.05, 4.69) is 20.9 Å². The Morgan fingerprint density at radius 1 is 1.04 bits per heavy atom. The Morgan fingerprint density at radius 2 is 1.73 bits per heavy atom. The van der Waals surface area contributed by atoms with E-state index in [0.717, 1.165) is 6.42 Å². The van der Waals surface area contributed by atoms with Crippen LogP contribution in [0.5, 0.6) is 0 Å². The molecule has 1 unspecified atom stereocenters. The zero-order chi connectivity index (χ0) is 19.1. The van der Waals surface area contributed by atoms with E-state index < -0.39 is 5.91 Å². The third-order valence-electron chi connectivity index (χ3n) is 3.69. The number of anilines is 2. The van der Waals surface area contributed by atoms with Gasteiger partial charge in [0.25, 0.3) is 11.8 Å². The van der Waals surface area contributed by atoms with Crippen molar-refractivity contribution in [1.82, 2.24) is 10.3 Å². The number of hydrogen-bond donors (Lipinski definition) is 3. The van der Waals surface area contributed by atoms with Crippen molar-refractivity contribution in [2.45, 2.75) is 33.2 Å². The van der Waals surface area contributed by atoms with Gasteiger partial charge in [0.2, 0.25) is 5.91 Å². The highest BCUT2D eigenvalue weighted by Gasteiger charge is 2.13. The maximum absolute atomic E-state index is 12.4. The Bertz CT molecular complexity index is 820. The van der Waals surface area contributed by atoms with Gasteiger partial charge in [-0.25, -0.2) is 0 Å². The monoisotopic (exact) mass is 354 g/mol. The van der Waals surface area contributed by atoms with Gasteiger partial charge in [-0.05, 0) is 43.7 Å². The standard InChI is InChI=1S/C19H22N4O3/c1-4-12(2)21-18(25)14-8-9-20-17(10-14)19(26)23-16-7-5-6-15(11-16)22-13(3)24/h5-12H,4H2,1-3H3,(H,21,25)(H,22,24)(H,23,26). The average molecular weight is 354 g/mol. The van der Waals surface area contributed by atoms with Gasteiger partial charge in [0, 0.05) is 36.1 Å². The molecule has 3 amide bonds. The minimum Gasteiger partial charge on any atom is -0.350 e. The molecule has 7 heteroatoms. The van der Waals surface area contributed by atoms with Crippen LogP contribution < -0.4 is 16.0 Å². The van der Waals surface area contributed by atoms with Gasteiger partial charge < -0.3 is 16.0 Å².